The Balaban J connectivity index is 2.13. The summed E-state index contributed by atoms with van der Waals surface area (Å²) in [6.07, 6.45) is 4.25. The third-order valence-electron chi connectivity index (χ3n) is 2.38. The van der Waals surface area contributed by atoms with Crippen molar-refractivity contribution < 1.29 is 9.50 Å². The zero-order valence-corrected chi connectivity index (χ0v) is 10.4. The van der Waals surface area contributed by atoms with Gasteiger partial charge in [-0.2, -0.15) is 0 Å². The summed E-state index contributed by atoms with van der Waals surface area (Å²) in [6, 6.07) is 4.67. The van der Waals surface area contributed by atoms with Crippen LogP contribution in [0.2, 0.25) is 0 Å². The Labute approximate surface area is 106 Å². The normalized spacial score (nSPS) is 12.4. The van der Waals surface area contributed by atoms with E-state index in [4.69, 9.17) is 0 Å². The van der Waals surface area contributed by atoms with Gasteiger partial charge in [-0.3, -0.25) is 0 Å². The summed E-state index contributed by atoms with van der Waals surface area (Å²) in [4.78, 5) is 7.68. The molecule has 88 valence electrons. The fraction of sp³-hybridized carbons (Fsp3) is 0.167. The molecule has 1 aromatic heterocycles. The largest absolute Gasteiger partial charge is 0.388 e. The maximum atomic E-state index is 13.0. The predicted molar refractivity (Wildman–Crippen MR) is 64.8 cm³/mol. The summed E-state index contributed by atoms with van der Waals surface area (Å²) in [5.41, 5.74) is 1.49. The molecule has 5 heteroatoms. The summed E-state index contributed by atoms with van der Waals surface area (Å²) in [5.74, 6) is -0.314. The van der Waals surface area contributed by atoms with E-state index in [1.54, 1.807) is 24.5 Å². The van der Waals surface area contributed by atoms with Crippen LogP contribution in [0.1, 0.15) is 17.2 Å². The highest BCUT2D eigenvalue weighted by molar-refractivity contribution is 9.10. The molecule has 1 heterocycles. The van der Waals surface area contributed by atoms with Gasteiger partial charge in [0.25, 0.3) is 0 Å². The molecule has 0 aliphatic rings. The highest BCUT2D eigenvalue weighted by atomic mass is 79.9. The lowest BCUT2D eigenvalue weighted by Gasteiger charge is -2.10. The van der Waals surface area contributed by atoms with Gasteiger partial charge in [-0.25, -0.2) is 14.4 Å². The van der Waals surface area contributed by atoms with Crippen LogP contribution in [0.4, 0.5) is 4.39 Å². The lowest BCUT2D eigenvalue weighted by atomic mass is 10.0. The van der Waals surface area contributed by atoms with Crippen LogP contribution in [0.5, 0.6) is 0 Å². The Kier molecular flexibility index (Phi) is 3.81. The molecule has 2 aromatic rings. The van der Waals surface area contributed by atoms with E-state index in [2.05, 4.69) is 25.9 Å². The van der Waals surface area contributed by atoms with E-state index < -0.39 is 6.10 Å². The van der Waals surface area contributed by atoms with Gasteiger partial charge in [0.15, 0.2) is 0 Å². The second-order valence-corrected chi connectivity index (χ2v) is 4.49. The topological polar surface area (TPSA) is 46.0 Å². The van der Waals surface area contributed by atoms with Gasteiger partial charge in [-0.05, 0) is 33.6 Å². The van der Waals surface area contributed by atoms with E-state index in [1.165, 1.54) is 12.4 Å². The van der Waals surface area contributed by atoms with E-state index >= 15 is 0 Å². The number of rotatable bonds is 3. The number of hydrogen-bond donors (Lipinski definition) is 1. The molecule has 0 radical (unpaired) electrons. The van der Waals surface area contributed by atoms with Crippen LogP contribution in [0.15, 0.2) is 41.4 Å². The van der Waals surface area contributed by atoms with Crippen molar-refractivity contribution in [1.29, 1.82) is 0 Å². The minimum Gasteiger partial charge on any atom is -0.388 e. The Morgan fingerprint density at radius 1 is 1.29 bits per heavy atom. The SMILES string of the molecule is OC(Cc1ccc(F)c(Br)c1)c1cncnc1. The number of aliphatic hydroxyl groups is 1. The number of hydrogen-bond acceptors (Lipinski definition) is 3. The molecule has 1 aromatic carbocycles. The van der Waals surface area contributed by atoms with Crippen LogP contribution in [0.3, 0.4) is 0 Å². The first-order chi connectivity index (χ1) is 8.16. The number of aliphatic hydroxyl groups excluding tert-OH is 1. The molecule has 0 aliphatic heterocycles. The molecule has 0 saturated heterocycles. The third kappa shape index (κ3) is 3.08. The monoisotopic (exact) mass is 296 g/mol. The second-order valence-electron chi connectivity index (χ2n) is 3.64. The molecule has 0 bridgehead atoms. The molecular formula is C12H10BrFN2O. The molecule has 0 amide bonds. The minimum absolute atomic E-state index is 0.314. The van der Waals surface area contributed by atoms with Gasteiger partial charge in [0, 0.05) is 24.4 Å². The van der Waals surface area contributed by atoms with Crippen molar-refractivity contribution in [2.45, 2.75) is 12.5 Å². The van der Waals surface area contributed by atoms with Gasteiger partial charge in [-0.15, -0.1) is 0 Å². The van der Waals surface area contributed by atoms with Crippen molar-refractivity contribution in [3.8, 4) is 0 Å². The molecule has 0 fully saturated rings. The van der Waals surface area contributed by atoms with Gasteiger partial charge >= 0.3 is 0 Å². The van der Waals surface area contributed by atoms with Crippen molar-refractivity contribution in [2.24, 2.45) is 0 Å². The van der Waals surface area contributed by atoms with E-state index in [-0.39, 0.29) is 5.82 Å². The summed E-state index contributed by atoms with van der Waals surface area (Å²) >= 11 is 3.11. The molecule has 0 aliphatic carbocycles. The average molecular weight is 297 g/mol. The summed E-state index contributed by atoms with van der Waals surface area (Å²) in [5, 5.41) is 9.95. The van der Waals surface area contributed by atoms with Crippen molar-refractivity contribution in [3.63, 3.8) is 0 Å². The maximum Gasteiger partial charge on any atom is 0.137 e. The van der Waals surface area contributed by atoms with E-state index in [1.807, 2.05) is 0 Å². The van der Waals surface area contributed by atoms with Crippen LogP contribution >= 0.6 is 15.9 Å². The molecule has 0 spiro atoms. The quantitative estimate of drug-likeness (QED) is 0.947. The maximum absolute atomic E-state index is 13.0. The van der Waals surface area contributed by atoms with Gasteiger partial charge in [0.1, 0.15) is 12.1 Å². The number of benzene rings is 1. The lowest BCUT2D eigenvalue weighted by molar-refractivity contribution is 0.177. The molecule has 1 atom stereocenters. The fourth-order valence-corrected chi connectivity index (χ4v) is 1.92. The Hall–Kier alpha value is -1.33. The molecule has 17 heavy (non-hydrogen) atoms. The molecule has 1 unspecified atom stereocenters. The number of aromatic nitrogens is 2. The van der Waals surface area contributed by atoms with Crippen LogP contribution < -0.4 is 0 Å². The van der Waals surface area contributed by atoms with E-state index in [9.17, 15) is 9.50 Å². The van der Waals surface area contributed by atoms with Crippen molar-refractivity contribution >= 4 is 15.9 Å². The first-order valence-corrected chi connectivity index (χ1v) is 5.83. The van der Waals surface area contributed by atoms with Gasteiger partial charge in [0.05, 0.1) is 10.6 Å². The zero-order chi connectivity index (χ0) is 12.3. The highest BCUT2D eigenvalue weighted by Crippen LogP contribution is 2.21. The Bertz CT molecular complexity index is 507. The van der Waals surface area contributed by atoms with Gasteiger partial charge < -0.3 is 5.11 Å². The van der Waals surface area contributed by atoms with Crippen LogP contribution in [0, 0.1) is 5.82 Å². The van der Waals surface area contributed by atoms with E-state index in [0.717, 1.165) is 5.56 Å². The van der Waals surface area contributed by atoms with Gasteiger partial charge in [0.2, 0.25) is 0 Å². The molecule has 3 nitrogen and oxygen atoms in total. The Morgan fingerprint density at radius 3 is 2.65 bits per heavy atom. The van der Waals surface area contributed by atoms with Crippen molar-refractivity contribution in [3.05, 3.63) is 58.3 Å². The smallest absolute Gasteiger partial charge is 0.137 e. The first-order valence-electron chi connectivity index (χ1n) is 5.03. The van der Waals surface area contributed by atoms with Crippen LogP contribution in [-0.4, -0.2) is 15.1 Å². The molecule has 1 N–H and O–H groups in total. The average Bonchev–Trinajstić information content (AvgIpc) is 2.35. The van der Waals surface area contributed by atoms with E-state index in [0.29, 0.717) is 16.5 Å². The predicted octanol–water partition coefficient (Wildman–Crippen LogP) is 2.65. The third-order valence-corrected chi connectivity index (χ3v) is 2.99. The fourth-order valence-electron chi connectivity index (χ4n) is 1.49. The summed E-state index contributed by atoms with van der Waals surface area (Å²) < 4.78 is 13.4. The summed E-state index contributed by atoms with van der Waals surface area (Å²) in [6.45, 7) is 0. The summed E-state index contributed by atoms with van der Waals surface area (Å²) in [7, 11) is 0. The molecule has 2 rings (SSSR count). The first kappa shape index (κ1) is 12.1. The van der Waals surface area contributed by atoms with Crippen molar-refractivity contribution in [2.75, 3.05) is 0 Å². The highest BCUT2D eigenvalue weighted by Gasteiger charge is 2.10. The second kappa shape index (κ2) is 5.33. The molecule has 0 saturated carbocycles. The lowest BCUT2D eigenvalue weighted by Crippen LogP contribution is -2.03. The molecular weight excluding hydrogens is 287 g/mol. The van der Waals surface area contributed by atoms with Crippen molar-refractivity contribution in [1.82, 2.24) is 9.97 Å². The van der Waals surface area contributed by atoms with Crippen LogP contribution in [0.25, 0.3) is 0 Å². The standard InChI is InChI=1S/C12H10BrFN2O/c13-10-3-8(1-2-11(10)14)4-12(17)9-5-15-7-16-6-9/h1-3,5-7,12,17H,4H2. The minimum atomic E-state index is -0.687. The Morgan fingerprint density at radius 2 is 2.00 bits per heavy atom. The zero-order valence-electron chi connectivity index (χ0n) is 8.85. The van der Waals surface area contributed by atoms with Crippen LogP contribution in [-0.2, 0) is 6.42 Å². The number of halogens is 2. The number of nitrogens with zero attached hydrogens (tertiary/aromatic N) is 2. The van der Waals surface area contributed by atoms with Gasteiger partial charge in [-0.1, -0.05) is 6.07 Å².